The molecule has 2 aliphatic rings. The van der Waals surface area contributed by atoms with Gasteiger partial charge in [0.15, 0.2) is 17.0 Å². The lowest BCUT2D eigenvalue weighted by Crippen LogP contribution is -2.47. The maximum atomic E-state index is 13.8. The fourth-order valence-corrected chi connectivity index (χ4v) is 4.83. The highest BCUT2D eigenvalue weighted by atomic mass is 16.6. The lowest BCUT2D eigenvalue weighted by Gasteiger charge is -2.28. The molecule has 4 amide bonds. The fourth-order valence-electron chi connectivity index (χ4n) is 4.83. The van der Waals surface area contributed by atoms with Crippen molar-refractivity contribution < 1.29 is 23.9 Å². The topological polar surface area (TPSA) is 88.2 Å². The number of ether oxygens (including phenoxy) is 2. The van der Waals surface area contributed by atoms with Crippen molar-refractivity contribution in [1.82, 2.24) is 15.1 Å². The molecule has 2 aliphatic heterocycles. The lowest BCUT2D eigenvalue weighted by atomic mass is 9.83. The van der Waals surface area contributed by atoms with Crippen LogP contribution in [0.25, 0.3) is 0 Å². The first-order valence-electron chi connectivity index (χ1n) is 12.4. The summed E-state index contributed by atoms with van der Waals surface area (Å²) in [6.07, 6.45) is 0.280. The van der Waals surface area contributed by atoms with Gasteiger partial charge in [-0.3, -0.25) is 14.5 Å². The second kappa shape index (κ2) is 10.3. The van der Waals surface area contributed by atoms with Crippen LogP contribution >= 0.6 is 0 Å². The molecule has 1 atom stereocenters. The Morgan fingerprint density at radius 3 is 2.30 bits per heavy atom. The van der Waals surface area contributed by atoms with Crippen LogP contribution in [0, 0.1) is 0 Å². The van der Waals surface area contributed by atoms with Gasteiger partial charge >= 0.3 is 6.03 Å². The number of carbonyl (C=O) groups excluding carboxylic acids is 3. The number of carbonyl (C=O) groups is 3. The molecular formula is C29H29N3O5. The molecule has 5 rings (SSSR count). The van der Waals surface area contributed by atoms with Crippen molar-refractivity contribution in [3.63, 3.8) is 0 Å². The van der Waals surface area contributed by atoms with Gasteiger partial charge in [-0.1, -0.05) is 66.7 Å². The standard InChI is InChI=1S/C29H29N3O5/c1-2-31(19-22-13-14-24-25(17-22)37-16-15-36-24)26(33)20-32-27(34)29(30-28(32)35,23-11-7-4-8-12-23)18-21-9-5-3-6-10-21/h3-14,17H,2,15-16,18-20H2,1H3,(H,30,35). The highest BCUT2D eigenvalue weighted by Crippen LogP contribution is 2.34. The SMILES string of the molecule is CCN(Cc1ccc2c(c1)OCCO2)C(=O)CN1C(=O)NC(Cc2ccccc2)(c2ccccc2)C1=O. The highest BCUT2D eigenvalue weighted by molar-refractivity contribution is 6.09. The smallest absolute Gasteiger partial charge is 0.325 e. The zero-order valence-electron chi connectivity index (χ0n) is 20.7. The van der Waals surface area contributed by atoms with Crippen LogP contribution in [0.3, 0.4) is 0 Å². The molecule has 0 aliphatic carbocycles. The first-order valence-corrected chi connectivity index (χ1v) is 12.4. The molecule has 1 N–H and O–H groups in total. The minimum absolute atomic E-state index is 0.280. The van der Waals surface area contributed by atoms with E-state index in [2.05, 4.69) is 5.32 Å². The molecule has 0 radical (unpaired) electrons. The third kappa shape index (κ3) is 4.87. The number of likely N-dealkylation sites (N-methyl/N-ethyl adjacent to an activating group) is 1. The van der Waals surface area contributed by atoms with E-state index < -0.39 is 17.5 Å². The minimum Gasteiger partial charge on any atom is -0.486 e. The summed E-state index contributed by atoms with van der Waals surface area (Å²) in [7, 11) is 0. The van der Waals surface area contributed by atoms with E-state index in [-0.39, 0.29) is 18.9 Å². The molecule has 1 saturated heterocycles. The minimum atomic E-state index is -1.28. The number of nitrogens with one attached hydrogen (secondary N) is 1. The normalized spacial score (nSPS) is 18.5. The quantitative estimate of drug-likeness (QED) is 0.480. The fraction of sp³-hybridized carbons (Fsp3) is 0.276. The molecule has 0 spiro atoms. The monoisotopic (exact) mass is 499 g/mol. The number of amides is 4. The zero-order chi connectivity index (χ0) is 25.8. The van der Waals surface area contributed by atoms with Crippen LogP contribution in [0.5, 0.6) is 11.5 Å². The van der Waals surface area contributed by atoms with Crippen LogP contribution in [0.15, 0.2) is 78.9 Å². The highest BCUT2D eigenvalue weighted by Gasteiger charge is 2.52. The average molecular weight is 500 g/mol. The number of nitrogens with zero attached hydrogens (tertiary/aromatic N) is 2. The van der Waals surface area contributed by atoms with Crippen LogP contribution in [0.2, 0.25) is 0 Å². The molecule has 3 aromatic carbocycles. The molecule has 0 bridgehead atoms. The molecule has 1 fully saturated rings. The van der Waals surface area contributed by atoms with Gasteiger partial charge in [0.1, 0.15) is 19.8 Å². The Kier molecular flexibility index (Phi) is 6.81. The number of hydrogen-bond acceptors (Lipinski definition) is 5. The number of benzene rings is 3. The van der Waals surface area contributed by atoms with Crippen molar-refractivity contribution >= 4 is 17.8 Å². The molecule has 0 saturated carbocycles. The van der Waals surface area contributed by atoms with Crippen molar-refractivity contribution in [1.29, 1.82) is 0 Å². The average Bonchev–Trinajstić information content (AvgIpc) is 3.17. The first-order chi connectivity index (χ1) is 18.0. The van der Waals surface area contributed by atoms with E-state index >= 15 is 0 Å². The van der Waals surface area contributed by atoms with Crippen LogP contribution in [-0.4, -0.2) is 53.9 Å². The molecule has 8 nitrogen and oxygen atoms in total. The van der Waals surface area contributed by atoms with Gasteiger partial charge in [-0.25, -0.2) is 4.79 Å². The number of hydrogen-bond donors (Lipinski definition) is 1. The Morgan fingerprint density at radius 1 is 0.919 bits per heavy atom. The van der Waals surface area contributed by atoms with Crippen LogP contribution in [0.1, 0.15) is 23.6 Å². The van der Waals surface area contributed by atoms with Gasteiger partial charge < -0.3 is 19.7 Å². The van der Waals surface area contributed by atoms with E-state index in [1.54, 1.807) is 4.90 Å². The maximum absolute atomic E-state index is 13.8. The maximum Gasteiger partial charge on any atom is 0.325 e. The summed E-state index contributed by atoms with van der Waals surface area (Å²) >= 11 is 0. The molecule has 3 aromatic rings. The van der Waals surface area contributed by atoms with Crippen molar-refractivity contribution in [3.8, 4) is 11.5 Å². The summed E-state index contributed by atoms with van der Waals surface area (Å²) in [4.78, 5) is 42.9. The van der Waals surface area contributed by atoms with Crippen LogP contribution in [-0.2, 0) is 28.1 Å². The van der Waals surface area contributed by atoms with E-state index in [0.717, 1.165) is 16.0 Å². The predicted octanol–water partition coefficient (Wildman–Crippen LogP) is 3.50. The van der Waals surface area contributed by atoms with E-state index in [9.17, 15) is 14.4 Å². The van der Waals surface area contributed by atoms with Crippen molar-refractivity contribution in [2.75, 3.05) is 26.3 Å². The third-order valence-corrected chi connectivity index (χ3v) is 6.76. The molecule has 8 heteroatoms. The van der Waals surface area contributed by atoms with Crippen molar-refractivity contribution in [2.24, 2.45) is 0 Å². The number of fused-ring (bicyclic) bond motifs is 1. The summed E-state index contributed by atoms with van der Waals surface area (Å²) in [6, 6.07) is 23.7. The molecule has 190 valence electrons. The summed E-state index contributed by atoms with van der Waals surface area (Å²) < 4.78 is 11.2. The Hall–Kier alpha value is -4.33. The summed E-state index contributed by atoms with van der Waals surface area (Å²) in [5, 5.41) is 2.91. The second-order valence-corrected chi connectivity index (χ2v) is 9.14. The van der Waals surface area contributed by atoms with Crippen LogP contribution in [0.4, 0.5) is 4.79 Å². The Balaban J connectivity index is 1.36. The number of urea groups is 1. The molecule has 1 unspecified atom stereocenters. The Bertz CT molecular complexity index is 1300. The van der Waals surface area contributed by atoms with Gasteiger partial charge in [-0.05, 0) is 35.7 Å². The molecule has 2 heterocycles. The predicted molar refractivity (Wildman–Crippen MR) is 137 cm³/mol. The zero-order valence-corrected chi connectivity index (χ0v) is 20.7. The summed E-state index contributed by atoms with van der Waals surface area (Å²) in [5.41, 5.74) is 1.17. The second-order valence-electron chi connectivity index (χ2n) is 9.14. The Morgan fingerprint density at radius 2 is 1.59 bits per heavy atom. The Labute approximate surface area is 215 Å². The number of imide groups is 1. The van der Waals surface area contributed by atoms with Crippen molar-refractivity contribution in [3.05, 3.63) is 95.6 Å². The number of rotatable bonds is 8. The largest absolute Gasteiger partial charge is 0.486 e. The summed E-state index contributed by atoms with van der Waals surface area (Å²) in [6.45, 7) is 3.25. The molecule has 37 heavy (non-hydrogen) atoms. The molecular weight excluding hydrogens is 470 g/mol. The van der Waals surface area contributed by atoms with Gasteiger partial charge in [0.2, 0.25) is 5.91 Å². The van der Waals surface area contributed by atoms with E-state index in [1.165, 1.54) is 0 Å². The van der Waals surface area contributed by atoms with E-state index in [1.807, 2.05) is 85.8 Å². The lowest BCUT2D eigenvalue weighted by molar-refractivity contribution is -0.139. The van der Waals surface area contributed by atoms with Crippen LogP contribution < -0.4 is 14.8 Å². The third-order valence-electron chi connectivity index (χ3n) is 6.76. The summed E-state index contributed by atoms with van der Waals surface area (Å²) in [5.74, 6) is 0.579. The van der Waals surface area contributed by atoms with Crippen molar-refractivity contribution in [2.45, 2.75) is 25.4 Å². The van der Waals surface area contributed by atoms with E-state index in [4.69, 9.17) is 9.47 Å². The van der Waals surface area contributed by atoms with Gasteiger partial charge in [-0.15, -0.1) is 0 Å². The van der Waals surface area contributed by atoms with Gasteiger partial charge in [0, 0.05) is 19.5 Å². The van der Waals surface area contributed by atoms with E-state index in [0.29, 0.717) is 43.4 Å². The molecule has 0 aromatic heterocycles. The first kappa shape index (κ1) is 24.4. The van der Waals surface area contributed by atoms with Gasteiger partial charge in [0.05, 0.1) is 0 Å². The van der Waals surface area contributed by atoms with Gasteiger partial charge in [-0.2, -0.15) is 0 Å². The van der Waals surface area contributed by atoms with Gasteiger partial charge in [0.25, 0.3) is 5.91 Å².